The van der Waals surface area contributed by atoms with Crippen molar-refractivity contribution in [3.63, 3.8) is 0 Å². The molecule has 10 heteroatoms. The van der Waals surface area contributed by atoms with E-state index in [0.29, 0.717) is 26.2 Å². The van der Waals surface area contributed by atoms with Crippen LogP contribution in [0.15, 0.2) is 0 Å². The first kappa shape index (κ1) is 29.3. The molecule has 30 heavy (non-hydrogen) atoms. The minimum atomic E-state index is 0.641. The first-order chi connectivity index (χ1) is 14.7. The molecule has 0 spiro atoms. The average molecular weight is 431 g/mol. The van der Waals surface area contributed by atoms with Crippen LogP contribution in [0.5, 0.6) is 0 Å². The Bertz CT molecular complexity index is 363. The summed E-state index contributed by atoms with van der Waals surface area (Å²) in [5.41, 5.74) is 23.2. The van der Waals surface area contributed by atoms with Crippen LogP contribution in [0.2, 0.25) is 0 Å². The van der Waals surface area contributed by atoms with Crippen molar-refractivity contribution < 1.29 is 0 Å². The Hall–Kier alpha value is -0.690. The fraction of sp³-hybridized carbons (Fsp3) is 0.950. The first-order valence-electron chi connectivity index (χ1n) is 11.6. The molecule has 0 aromatic rings. The molecule has 0 atom stereocenters. The largest absolute Gasteiger partial charge is 0.329 e. The molecule has 0 aliphatic rings. The fourth-order valence-corrected chi connectivity index (χ4v) is 3.19. The van der Waals surface area contributed by atoms with Crippen LogP contribution < -0.4 is 38.9 Å². The number of nitrogens with two attached hydrogens (primary N) is 4. The number of nitrogens with one attached hydrogen (secondary N) is 4. The first-order valence-corrected chi connectivity index (χ1v) is 11.6. The fourth-order valence-electron chi connectivity index (χ4n) is 3.19. The molecular formula is C20H50N10. The van der Waals surface area contributed by atoms with E-state index in [0.717, 1.165) is 104 Å². The number of hydrogen-bond acceptors (Lipinski definition) is 10. The van der Waals surface area contributed by atoms with Gasteiger partial charge in [-0.05, 0) is 25.8 Å². The van der Waals surface area contributed by atoms with E-state index in [2.05, 4.69) is 25.8 Å². The normalized spacial score (nSPS) is 11.7. The Morgan fingerprint density at radius 1 is 0.533 bits per heavy atom. The van der Waals surface area contributed by atoms with Gasteiger partial charge in [-0.25, -0.2) is 0 Å². The van der Waals surface area contributed by atoms with Gasteiger partial charge in [0.15, 0.2) is 0 Å². The van der Waals surface area contributed by atoms with Crippen molar-refractivity contribution in [2.75, 3.05) is 105 Å². The van der Waals surface area contributed by atoms with Gasteiger partial charge in [0.05, 0.1) is 0 Å². The van der Waals surface area contributed by atoms with Crippen LogP contribution in [0.4, 0.5) is 0 Å². The zero-order valence-electron chi connectivity index (χ0n) is 19.1. The average Bonchev–Trinajstić information content (AvgIpc) is 2.74. The van der Waals surface area contributed by atoms with Gasteiger partial charge in [0.25, 0.3) is 0 Å². The van der Waals surface area contributed by atoms with E-state index in [-0.39, 0.29) is 0 Å². The van der Waals surface area contributed by atoms with Crippen LogP contribution in [0.3, 0.4) is 0 Å². The number of rotatable bonds is 24. The van der Waals surface area contributed by atoms with Crippen molar-refractivity contribution in [1.29, 1.82) is 5.41 Å². The summed E-state index contributed by atoms with van der Waals surface area (Å²) in [6, 6.07) is 0. The highest BCUT2D eigenvalue weighted by Gasteiger charge is 2.05. The van der Waals surface area contributed by atoms with Crippen LogP contribution in [0, 0.1) is 5.41 Å². The van der Waals surface area contributed by atoms with Crippen molar-refractivity contribution in [1.82, 2.24) is 25.8 Å². The topological polar surface area (TPSA) is 170 Å². The van der Waals surface area contributed by atoms with Crippen LogP contribution in [-0.4, -0.2) is 120 Å². The Morgan fingerprint density at radius 3 is 1.57 bits per heavy atom. The van der Waals surface area contributed by atoms with Crippen molar-refractivity contribution in [2.45, 2.75) is 19.3 Å². The molecule has 0 fully saturated rings. The van der Waals surface area contributed by atoms with Gasteiger partial charge >= 0.3 is 0 Å². The van der Waals surface area contributed by atoms with E-state index in [9.17, 15) is 0 Å². The summed E-state index contributed by atoms with van der Waals surface area (Å²) in [6.45, 7) is 13.8. The zero-order chi connectivity index (χ0) is 22.3. The maximum atomic E-state index is 8.11. The van der Waals surface area contributed by atoms with E-state index < -0.39 is 0 Å². The summed E-state index contributed by atoms with van der Waals surface area (Å²) in [6.07, 6.45) is 2.67. The van der Waals surface area contributed by atoms with E-state index in [4.69, 9.17) is 28.3 Å². The molecule has 0 amide bonds. The second-order valence-electron chi connectivity index (χ2n) is 7.55. The lowest BCUT2D eigenvalue weighted by molar-refractivity contribution is 0.280. The van der Waals surface area contributed by atoms with Crippen LogP contribution in [0.1, 0.15) is 19.3 Å². The maximum Gasteiger partial charge on any atom is 0.0108 e. The van der Waals surface area contributed by atoms with Gasteiger partial charge in [-0.15, -0.1) is 0 Å². The molecule has 0 aromatic carbocycles. The zero-order valence-corrected chi connectivity index (χ0v) is 19.1. The number of nitrogens with zero attached hydrogens (tertiary/aromatic N) is 2. The molecule has 12 N–H and O–H groups in total. The monoisotopic (exact) mass is 430 g/mol. The standard InChI is InChI=1S/C20H50N10/c21-4-9-27-12-18-30(17-7-24)19-13-28-11-10-26-8-1-2-20(25)3-14-29(15-5-22)16-6-23/h25-28H,1-19,21-24H2. The molecule has 0 rings (SSSR count). The lowest BCUT2D eigenvalue weighted by Gasteiger charge is -2.22. The van der Waals surface area contributed by atoms with Crippen molar-refractivity contribution in [2.24, 2.45) is 22.9 Å². The van der Waals surface area contributed by atoms with Gasteiger partial charge < -0.3 is 49.2 Å². The van der Waals surface area contributed by atoms with E-state index in [1.165, 1.54) is 0 Å². The van der Waals surface area contributed by atoms with Crippen LogP contribution >= 0.6 is 0 Å². The SMILES string of the molecule is N=C(CCCNCCNCCN(CCN)CCNCCN)CCN(CCN)CCN. The second kappa shape index (κ2) is 23.0. The minimum Gasteiger partial charge on any atom is -0.329 e. The predicted octanol–water partition coefficient (Wildman–Crippen LogP) is -2.62. The van der Waals surface area contributed by atoms with Crippen molar-refractivity contribution in [3.05, 3.63) is 0 Å². The Balaban J connectivity index is 3.57. The van der Waals surface area contributed by atoms with Gasteiger partial charge in [0.2, 0.25) is 0 Å². The molecule has 0 aliphatic heterocycles. The summed E-state index contributed by atoms with van der Waals surface area (Å²) >= 11 is 0. The molecule has 180 valence electrons. The highest BCUT2D eigenvalue weighted by Crippen LogP contribution is 1.98. The second-order valence-corrected chi connectivity index (χ2v) is 7.55. The van der Waals surface area contributed by atoms with Crippen molar-refractivity contribution in [3.8, 4) is 0 Å². The quantitative estimate of drug-likeness (QED) is 0.0603. The van der Waals surface area contributed by atoms with Gasteiger partial charge in [0, 0.05) is 104 Å². The van der Waals surface area contributed by atoms with Crippen LogP contribution in [0.25, 0.3) is 0 Å². The minimum absolute atomic E-state index is 0.641. The summed E-state index contributed by atoms with van der Waals surface area (Å²) in [5.74, 6) is 0. The molecular weight excluding hydrogens is 380 g/mol. The molecule has 0 bridgehead atoms. The van der Waals surface area contributed by atoms with E-state index >= 15 is 0 Å². The molecule has 0 saturated carbocycles. The molecule has 0 aliphatic carbocycles. The van der Waals surface area contributed by atoms with Crippen molar-refractivity contribution >= 4 is 5.71 Å². The predicted molar refractivity (Wildman–Crippen MR) is 129 cm³/mol. The summed E-state index contributed by atoms with van der Waals surface area (Å²) in [4.78, 5) is 4.61. The molecule has 0 heterocycles. The summed E-state index contributed by atoms with van der Waals surface area (Å²) in [5, 5.41) is 18.4. The number of hydrogen-bond donors (Lipinski definition) is 8. The van der Waals surface area contributed by atoms with Gasteiger partial charge in [0.1, 0.15) is 0 Å². The highest BCUT2D eigenvalue weighted by molar-refractivity contribution is 5.81. The van der Waals surface area contributed by atoms with Gasteiger partial charge in [-0.1, -0.05) is 0 Å². The smallest absolute Gasteiger partial charge is 0.0108 e. The molecule has 10 nitrogen and oxygen atoms in total. The third kappa shape index (κ3) is 19.3. The van der Waals surface area contributed by atoms with Crippen LogP contribution in [-0.2, 0) is 0 Å². The van der Waals surface area contributed by atoms with E-state index in [1.807, 2.05) is 0 Å². The Kier molecular flexibility index (Phi) is 22.5. The molecule has 0 unspecified atom stereocenters. The maximum absolute atomic E-state index is 8.11. The third-order valence-electron chi connectivity index (χ3n) is 4.91. The molecule has 0 saturated heterocycles. The highest BCUT2D eigenvalue weighted by atomic mass is 15.2. The Labute approximate surface area is 184 Å². The molecule has 0 aromatic heterocycles. The van der Waals surface area contributed by atoms with Gasteiger partial charge in [-0.2, -0.15) is 0 Å². The Morgan fingerprint density at radius 2 is 1.03 bits per heavy atom. The van der Waals surface area contributed by atoms with Gasteiger partial charge in [-0.3, -0.25) is 4.90 Å². The summed E-state index contributed by atoms with van der Waals surface area (Å²) < 4.78 is 0. The lowest BCUT2D eigenvalue weighted by Crippen LogP contribution is -2.41. The molecule has 0 radical (unpaired) electrons. The third-order valence-corrected chi connectivity index (χ3v) is 4.91. The lowest BCUT2D eigenvalue weighted by atomic mass is 10.1. The summed E-state index contributed by atoms with van der Waals surface area (Å²) in [7, 11) is 0. The van der Waals surface area contributed by atoms with E-state index in [1.54, 1.807) is 0 Å².